The lowest BCUT2D eigenvalue weighted by atomic mass is 9.73. The Labute approximate surface area is 246 Å². The minimum absolute atomic E-state index is 0.0584. The maximum absolute atomic E-state index is 13.9. The number of amides is 1. The van der Waals surface area contributed by atoms with E-state index < -0.39 is 71.2 Å². The van der Waals surface area contributed by atoms with E-state index in [1.165, 1.54) is 13.8 Å². The molecule has 6 nitrogen and oxygen atoms in total. The Kier molecular flexibility index (Phi) is 8.84. The molecule has 1 aliphatic heterocycles. The van der Waals surface area contributed by atoms with E-state index >= 15 is 0 Å². The normalized spacial score (nSPS) is 19.6. The van der Waals surface area contributed by atoms with Crippen molar-refractivity contribution in [3.05, 3.63) is 64.2 Å². The van der Waals surface area contributed by atoms with E-state index in [1.54, 1.807) is 4.90 Å². The van der Waals surface area contributed by atoms with Gasteiger partial charge in [0, 0.05) is 18.3 Å². The highest BCUT2D eigenvalue weighted by atomic mass is 19.4. The predicted molar refractivity (Wildman–Crippen MR) is 138 cm³/mol. The number of ether oxygens (including phenoxy) is 2. The number of anilines is 1. The Morgan fingerprint density at radius 2 is 1.48 bits per heavy atom. The third-order valence-electron chi connectivity index (χ3n) is 8.17. The topological polar surface area (TPSA) is 59.1 Å². The smallest absolute Gasteiger partial charge is 0.416 e. The first-order valence-corrected chi connectivity index (χ1v) is 13.5. The van der Waals surface area contributed by atoms with Crippen molar-refractivity contribution in [2.45, 2.75) is 82.4 Å². The van der Waals surface area contributed by atoms with Gasteiger partial charge in [0.05, 0.1) is 29.8 Å². The van der Waals surface area contributed by atoms with Crippen LogP contribution in [0.2, 0.25) is 0 Å². The van der Waals surface area contributed by atoms with Crippen LogP contribution >= 0.6 is 0 Å². The number of rotatable bonds is 7. The summed E-state index contributed by atoms with van der Waals surface area (Å²) in [7, 11) is 0.940. The molecule has 1 saturated carbocycles. The number of hydrogen-bond acceptors (Lipinski definition) is 5. The van der Waals surface area contributed by atoms with Gasteiger partial charge in [0.25, 0.3) is 6.47 Å². The summed E-state index contributed by atoms with van der Waals surface area (Å²) in [5.41, 5.74) is -6.18. The van der Waals surface area contributed by atoms with Gasteiger partial charge in [-0.1, -0.05) is 6.42 Å². The Morgan fingerprint density at radius 3 is 1.93 bits per heavy atom. The lowest BCUT2D eigenvalue weighted by molar-refractivity contribution is -0.143. The van der Waals surface area contributed by atoms with E-state index in [2.05, 4.69) is 0 Å². The summed E-state index contributed by atoms with van der Waals surface area (Å²) in [6.07, 6.45) is -14.2. The van der Waals surface area contributed by atoms with Gasteiger partial charge in [-0.2, -0.15) is 39.5 Å². The zero-order valence-electron chi connectivity index (χ0n) is 23.7. The van der Waals surface area contributed by atoms with Crippen LogP contribution in [0.4, 0.5) is 50.0 Å². The molecule has 2 unspecified atom stereocenters. The van der Waals surface area contributed by atoms with Crippen LogP contribution in [-0.4, -0.2) is 36.3 Å². The fourth-order valence-corrected chi connectivity index (χ4v) is 5.97. The Hall–Kier alpha value is -3.65. The Bertz CT molecular complexity index is 1350. The Balaban J connectivity index is 1.92. The van der Waals surface area contributed by atoms with Gasteiger partial charge in [0.2, 0.25) is 0 Å². The molecule has 0 aromatic heterocycles. The molecule has 0 N–H and O–H groups in total. The number of hydrogen-bond donors (Lipinski definition) is 0. The lowest BCUT2D eigenvalue weighted by Gasteiger charge is -2.54. The van der Waals surface area contributed by atoms with Gasteiger partial charge < -0.3 is 14.4 Å². The molecule has 2 aliphatic rings. The van der Waals surface area contributed by atoms with Crippen molar-refractivity contribution in [1.82, 2.24) is 4.90 Å². The maximum atomic E-state index is 13.9. The number of fused-ring (bicyclic) bond motifs is 1. The molecule has 0 bridgehead atoms. The number of alkyl halides is 9. The standard InChI is InChI=1S/C29H29F9N2O4/c1-26(2,44-15-41)40-22-8-7-18(27(30,31)32)12-21(22)24(13-23(40)17-5-4-6-17)39(25(42)43-3)14-16-9-19(28(33,34)35)11-20(10-16)29(36,37)38/h7-12,15,17,23-24H,4-6,13-14H2,1-3H3. The summed E-state index contributed by atoms with van der Waals surface area (Å²) < 4.78 is 133. The average Bonchev–Trinajstić information content (AvgIpc) is 2.87. The molecule has 2 aromatic rings. The van der Waals surface area contributed by atoms with Crippen LogP contribution in [0.15, 0.2) is 36.4 Å². The molecule has 0 spiro atoms. The summed E-state index contributed by atoms with van der Waals surface area (Å²) in [6.45, 7) is 2.42. The number of methoxy groups -OCH3 is 1. The quantitative estimate of drug-likeness (QED) is 0.225. The molecule has 0 radical (unpaired) electrons. The van der Waals surface area contributed by atoms with E-state index in [4.69, 9.17) is 9.47 Å². The number of nitrogens with zero attached hydrogens (tertiary/aromatic N) is 2. The SMILES string of the molecule is COC(=O)N(Cc1cc(C(F)(F)F)cc(C(F)(F)F)c1)C1CC(C2CCC2)N(C(C)(C)OC=O)c2ccc(C(F)(F)F)cc21. The zero-order chi connectivity index (χ0) is 32.8. The van der Waals surface area contributed by atoms with Gasteiger partial charge in [0.15, 0.2) is 5.72 Å². The monoisotopic (exact) mass is 640 g/mol. The van der Waals surface area contributed by atoms with Crippen LogP contribution in [0.1, 0.15) is 73.4 Å². The molecule has 15 heteroatoms. The lowest BCUT2D eigenvalue weighted by Crippen LogP contribution is -2.59. The maximum Gasteiger partial charge on any atom is 0.416 e. The average molecular weight is 641 g/mol. The van der Waals surface area contributed by atoms with Crippen molar-refractivity contribution in [2.75, 3.05) is 12.0 Å². The van der Waals surface area contributed by atoms with Crippen LogP contribution in [-0.2, 0) is 39.3 Å². The van der Waals surface area contributed by atoms with E-state index in [-0.39, 0.29) is 36.1 Å². The van der Waals surface area contributed by atoms with E-state index in [1.807, 2.05) is 0 Å². The van der Waals surface area contributed by atoms with Crippen molar-refractivity contribution in [2.24, 2.45) is 5.92 Å². The van der Waals surface area contributed by atoms with Gasteiger partial charge in [-0.3, -0.25) is 9.69 Å². The van der Waals surface area contributed by atoms with Crippen LogP contribution in [0.5, 0.6) is 0 Å². The Morgan fingerprint density at radius 1 is 0.909 bits per heavy atom. The molecule has 1 aliphatic carbocycles. The third kappa shape index (κ3) is 6.70. The van der Waals surface area contributed by atoms with Gasteiger partial charge >= 0.3 is 24.6 Å². The molecule has 2 atom stereocenters. The minimum Gasteiger partial charge on any atom is -0.453 e. The highest BCUT2D eigenvalue weighted by molar-refractivity contribution is 5.71. The summed E-state index contributed by atoms with van der Waals surface area (Å²) >= 11 is 0. The highest BCUT2D eigenvalue weighted by Crippen LogP contribution is 2.51. The van der Waals surface area contributed by atoms with Crippen molar-refractivity contribution >= 4 is 18.3 Å². The van der Waals surface area contributed by atoms with Crippen molar-refractivity contribution in [3.63, 3.8) is 0 Å². The second-order valence-corrected chi connectivity index (χ2v) is 11.3. The minimum atomic E-state index is -5.16. The molecular weight excluding hydrogens is 611 g/mol. The van der Waals surface area contributed by atoms with Crippen molar-refractivity contribution in [3.8, 4) is 0 Å². The van der Waals surface area contributed by atoms with Crippen molar-refractivity contribution < 1.29 is 58.6 Å². The second kappa shape index (κ2) is 11.7. The molecule has 1 amide bonds. The molecule has 44 heavy (non-hydrogen) atoms. The molecule has 2 aromatic carbocycles. The number of benzene rings is 2. The molecule has 0 saturated heterocycles. The summed E-state index contributed by atoms with van der Waals surface area (Å²) in [6, 6.07) is 1.81. The van der Waals surface area contributed by atoms with Crippen molar-refractivity contribution in [1.29, 1.82) is 0 Å². The van der Waals surface area contributed by atoms with Gasteiger partial charge in [-0.05, 0) is 86.6 Å². The van der Waals surface area contributed by atoms with Gasteiger partial charge in [0.1, 0.15) is 0 Å². The number of carbonyl (C=O) groups excluding carboxylic acids is 2. The van der Waals surface area contributed by atoms with Crippen LogP contribution in [0.3, 0.4) is 0 Å². The summed E-state index contributed by atoms with van der Waals surface area (Å²) in [5.74, 6) is -0.0626. The molecule has 4 rings (SSSR count). The number of carbonyl (C=O) groups is 2. The number of halogens is 9. The third-order valence-corrected chi connectivity index (χ3v) is 8.17. The first-order valence-electron chi connectivity index (χ1n) is 13.5. The van der Waals surface area contributed by atoms with Gasteiger partial charge in [-0.15, -0.1) is 0 Å². The molecule has 242 valence electrons. The molecule has 1 fully saturated rings. The van der Waals surface area contributed by atoms with Crippen LogP contribution in [0.25, 0.3) is 0 Å². The van der Waals surface area contributed by atoms with Crippen LogP contribution in [0, 0.1) is 5.92 Å². The first kappa shape index (κ1) is 33.2. The first-order chi connectivity index (χ1) is 20.3. The molecular formula is C29H29F9N2O4. The fraction of sp³-hybridized carbons (Fsp3) is 0.517. The zero-order valence-corrected chi connectivity index (χ0v) is 23.7. The molecule has 1 heterocycles. The second-order valence-electron chi connectivity index (χ2n) is 11.3. The highest BCUT2D eigenvalue weighted by Gasteiger charge is 2.48. The fourth-order valence-electron chi connectivity index (χ4n) is 5.97. The largest absolute Gasteiger partial charge is 0.453 e. The summed E-state index contributed by atoms with van der Waals surface area (Å²) in [4.78, 5) is 27.0. The predicted octanol–water partition coefficient (Wildman–Crippen LogP) is 8.34. The van der Waals surface area contributed by atoms with E-state index in [9.17, 15) is 49.1 Å². The van der Waals surface area contributed by atoms with Crippen LogP contribution < -0.4 is 4.90 Å². The van der Waals surface area contributed by atoms with E-state index in [0.29, 0.717) is 25.0 Å². The summed E-state index contributed by atoms with van der Waals surface area (Å²) in [5, 5.41) is 0. The van der Waals surface area contributed by atoms with E-state index in [0.717, 1.165) is 36.6 Å². The van der Waals surface area contributed by atoms with Gasteiger partial charge in [-0.25, -0.2) is 4.79 Å².